The average Bonchev–Trinajstić information content (AvgIpc) is 2.46. The largest absolute Gasteiger partial charge is 0.416 e. The smallest absolute Gasteiger partial charge is 0.298 e. The predicted molar refractivity (Wildman–Crippen MR) is 68.7 cm³/mol. The normalized spacial score (nSPS) is 12.1. The second kappa shape index (κ2) is 5.33. The van der Waals surface area contributed by atoms with Gasteiger partial charge in [-0.1, -0.05) is 12.1 Å². The number of alkyl halides is 3. The van der Waals surface area contributed by atoms with E-state index in [0.717, 1.165) is 12.1 Å². The topological polar surface area (TPSA) is 51.2 Å². The summed E-state index contributed by atoms with van der Waals surface area (Å²) in [4.78, 5) is 10.2. The summed E-state index contributed by atoms with van der Waals surface area (Å²) >= 11 is 0. The Balaban J connectivity index is 2.41. The minimum atomic E-state index is -4.52. The van der Waals surface area contributed by atoms with Crippen molar-refractivity contribution >= 4 is 16.1 Å². The zero-order valence-electron chi connectivity index (χ0n) is 10.5. The lowest BCUT2D eigenvalue weighted by atomic mass is 10.2. The number of carbonyl (C=O) groups excluding carboxylic acids is 1. The molecular weight excluding hydrogens is 305 g/mol. The number of benzene rings is 2. The minimum Gasteiger partial charge on any atom is -0.298 e. The fourth-order valence-electron chi connectivity index (χ4n) is 1.68. The highest BCUT2D eigenvalue weighted by Crippen LogP contribution is 2.30. The molecule has 0 saturated heterocycles. The predicted octanol–water partition coefficient (Wildman–Crippen LogP) is 3.35. The van der Waals surface area contributed by atoms with Gasteiger partial charge in [0.2, 0.25) is 9.84 Å². The van der Waals surface area contributed by atoms with Gasteiger partial charge in [-0.25, -0.2) is 8.42 Å². The molecule has 0 saturated carbocycles. The Morgan fingerprint density at radius 3 is 1.62 bits per heavy atom. The van der Waals surface area contributed by atoms with Gasteiger partial charge in [-0.2, -0.15) is 13.2 Å². The molecular formula is C14H9F3O3S. The maximum absolute atomic E-state index is 12.4. The van der Waals surface area contributed by atoms with Gasteiger partial charge in [0, 0.05) is 5.56 Å². The van der Waals surface area contributed by atoms with Gasteiger partial charge in [-0.05, 0) is 36.4 Å². The van der Waals surface area contributed by atoms with Gasteiger partial charge >= 0.3 is 6.18 Å². The van der Waals surface area contributed by atoms with Crippen LogP contribution in [0.1, 0.15) is 15.9 Å². The van der Waals surface area contributed by atoms with E-state index in [9.17, 15) is 26.4 Å². The highest BCUT2D eigenvalue weighted by Gasteiger charge is 2.30. The van der Waals surface area contributed by atoms with Crippen molar-refractivity contribution in [1.82, 2.24) is 0 Å². The number of aldehydes is 1. The molecule has 0 heterocycles. The number of hydrogen-bond acceptors (Lipinski definition) is 3. The molecule has 0 radical (unpaired) electrons. The van der Waals surface area contributed by atoms with E-state index in [0.29, 0.717) is 24.0 Å². The first kappa shape index (κ1) is 15.2. The van der Waals surface area contributed by atoms with E-state index in [1.165, 1.54) is 24.3 Å². The van der Waals surface area contributed by atoms with E-state index in [1.807, 2.05) is 0 Å². The summed E-state index contributed by atoms with van der Waals surface area (Å²) in [5, 5.41) is 0. The van der Waals surface area contributed by atoms with Crippen LogP contribution in [0.5, 0.6) is 0 Å². The third-order valence-electron chi connectivity index (χ3n) is 2.82. The fourth-order valence-corrected chi connectivity index (χ4v) is 2.95. The summed E-state index contributed by atoms with van der Waals surface area (Å²) < 4.78 is 61.8. The zero-order valence-corrected chi connectivity index (χ0v) is 11.3. The molecule has 0 N–H and O–H groups in total. The van der Waals surface area contributed by atoms with Crippen LogP contribution >= 0.6 is 0 Å². The maximum atomic E-state index is 12.4. The molecule has 0 aromatic heterocycles. The van der Waals surface area contributed by atoms with Crippen LogP contribution in [-0.2, 0) is 16.0 Å². The van der Waals surface area contributed by atoms with Crippen LogP contribution in [0.4, 0.5) is 13.2 Å². The molecule has 21 heavy (non-hydrogen) atoms. The first-order valence-electron chi connectivity index (χ1n) is 5.73. The van der Waals surface area contributed by atoms with Crippen LogP contribution in [0.3, 0.4) is 0 Å². The zero-order chi connectivity index (χ0) is 15.7. The highest BCUT2D eigenvalue weighted by molar-refractivity contribution is 7.91. The van der Waals surface area contributed by atoms with E-state index in [1.54, 1.807) is 0 Å². The van der Waals surface area contributed by atoms with E-state index in [4.69, 9.17) is 0 Å². The van der Waals surface area contributed by atoms with Gasteiger partial charge in [-0.3, -0.25) is 4.79 Å². The summed E-state index contributed by atoms with van der Waals surface area (Å²) in [5.41, 5.74) is -0.612. The Bertz CT molecular complexity index is 746. The molecule has 2 aromatic rings. The molecule has 2 rings (SSSR count). The molecule has 0 aliphatic carbocycles. The summed E-state index contributed by atoms with van der Waals surface area (Å²) in [6.07, 6.45) is -3.96. The van der Waals surface area contributed by atoms with E-state index in [2.05, 4.69) is 0 Å². The second-order valence-electron chi connectivity index (χ2n) is 4.21. The van der Waals surface area contributed by atoms with Crippen LogP contribution in [0.2, 0.25) is 0 Å². The third kappa shape index (κ3) is 3.13. The summed E-state index contributed by atoms with van der Waals surface area (Å²) in [6, 6.07) is 8.36. The SMILES string of the molecule is O=Cc1ccc(S(=O)(=O)c2ccc(C(F)(F)F)cc2)cc1. The van der Waals surface area contributed by atoms with Crippen molar-refractivity contribution in [3.05, 3.63) is 59.7 Å². The Morgan fingerprint density at radius 1 is 0.810 bits per heavy atom. The van der Waals surface area contributed by atoms with Crippen molar-refractivity contribution in [2.75, 3.05) is 0 Å². The molecule has 0 aliphatic rings. The number of carbonyl (C=O) groups is 1. The van der Waals surface area contributed by atoms with Crippen molar-refractivity contribution < 1.29 is 26.4 Å². The van der Waals surface area contributed by atoms with Crippen LogP contribution in [0.15, 0.2) is 58.3 Å². The molecule has 2 aromatic carbocycles. The van der Waals surface area contributed by atoms with Crippen LogP contribution in [0, 0.1) is 0 Å². The van der Waals surface area contributed by atoms with Crippen LogP contribution in [-0.4, -0.2) is 14.7 Å². The Labute approximate surface area is 119 Å². The molecule has 0 bridgehead atoms. The molecule has 0 atom stereocenters. The van der Waals surface area contributed by atoms with Gasteiger partial charge < -0.3 is 0 Å². The Morgan fingerprint density at radius 2 is 1.24 bits per heavy atom. The Hall–Kier alpha value is -2.15. The molecule has 0 spiro atoms. The van der Waals surface area contributed by atoms with Gasteiger partial charge in [0.15, 0.2) is 0 Å². The number of hydrogen-bond donors (Lipinski definition) is 0. The molecule has 0 fully saturated rings. The molecule has 3 nitrogen and oxygen atoms in total. The number of halogens is 3. The van der Waals surface area contributed by atoms with Gasteiger partial charge in [0.1, 0.15) is 6.29 Å². The standard InChI is InChI=1S/C14H9F3O3S/c15-14(16,17)11-3-7-13(8-4-11)21(19,20)12-5-1-10(9-18)2-6-12/h1-9H. The minimum absolute atomic E-state index is 0.0899. The van der Waals surface area contributed by atoms with Crippen molar-refractivity contribution in [3.8, 4) is 0 Å². The molecule has 110 valence electrons. The van der Waals surface area contributed by atoms with Gasteiger partial charge in [0.05, 0.1) is 15.4 Å². The quantitative estimate of drug-likeness (QED) is 0.816. The Kier molecular flexibility index (Phi) is 3.87. The maximum Gasteiger partial charge on any atom is 0.416 e. The summed E-state index contributed by atoms with van der Waals surface area (Å²) in [6.45, 7) is 0. The van der Waals surface area contributed by atoms with Crippen molar-refractivity contribution in [2.24, 2.45) is 0 Å². The number of sulfone groups is 1. The molecule has 7 heteroatoms. The van der Waals surface area contributed by atoms with Crippen molar-refractivity contribution in [1.29, 1.82) is 0 Å². The van der Waals surface area contributed by atoms with E-state index in [-0.39, 0.29) is 9.79 Å². The van der Waals surface area contributed by atoms with Gasteiger partial charge in [-0.15, -0.1) is 0 Å². The first-order valence-corrected chi connectivity index (χ1v) is 7.21. The second-order valence-corrected chi connectivity index (χ2v) is 6.16. The monoisotopic (exact) mass is 314 g/mol. The molecule has 0 unspecified atom stereocenters. The average molecular weight is 314 g/mol. The van der Waals surface area contributed by atoms with Crippen LogP contribution < -0.4 is 0 Å². The third-order valence-corrected chi connectivity index (χ3v) is 4.60. The summed E-state index contributed by atoms with van der Waals surface area (Å²) in [5.74, 6) is 0. The molecule has 0 amide bonds. The lowest BCUT2D eigenvalue weighted by molar-refractivity contribution is -0.137. The van der Waals surface area contributed by atoms with E-state index >= 15 is 0 Å². The van der Waals surface area contributed by atoms with E-state index < -0.39 is 21.6 Å². The first-order chi connectivity index (χ1) is 9.75. The van der Waals surface area contributed by atoms with Crippen molar-refractivity contribution in [2.45, 2.75) is 16.0 Å². The summed E-state index contributed by atoms with van der Waals surface area (Å²) in [7, 11) is -3.91. The van der Waals surface area contributed by atoms with Crippen molar-refractivity contribution in [3.63, 3.8) is 0 Å². The van der Waals surface area contributed by atoms with Gasteiger partial charge in [0.25, 0.3) is 0 Å². The molecule has 0 aliphatic heterocycles. The lowest BCUT2D eigenvalue weighted by Gasteiger charge is -2.08. The highest BCUT2D eigenvalue weighted by atomic mass is 32.2. The lowest BCUT2D eigenvalue weighted by Crippen LogP contribution is -2.06. The van der Waals surface area contributed by atoms with Crippen LogP contribution in [0.25, 0.3) is 0 Å². The fraction of sp³-hybridized carbons (Fsp3) is 0.0714. The number of rotatable bonds is 3.